The Labute approximate surface area is 158 Å². The third kappa shape index (κ3) is 4.00. The van der Waals surface area contributed by atoms with Gasteiger partial charge in [0, 0.05) is 26.1 Å². The largest absolute Gasteiger partial charge is 0.505 e. The van der Waals surface area contributed by atoms with E-state index in [1.165, 1.54) is 17.7 Å². The van der Waals surface area contributed by atoms with Crippen LogP contribution >= 0.6 is 0 Å². The van der Waals surface area contributed by atoms with E-state index in [0.717, 1.165) is 25.9 Å². The molecule has 3 atom stereocenters. The third-order valence-electron chi connectivity index (χ3n) is 6.10. The monoisotopic (exact) mass is 371 g/mol. The van der Waals surface area contributed by atoms with Crippen LogP contribution in [0.5, 0.6) is 5.75 Å². The molecule has 27 heavy (non-hydrogen) atoms. The van der Waals surface area contributed by atoms with Crippen molar-refractivity contribution in [3.05, 3.63) is 65.5 Å². The van der Waals surface area contributed by atoms with Gasteiger partial charge in [0.05, 0.1) is 11.7 Å². The minimum atomic E-state index is -0.790. The van der Waals surface area contributed by atoms with Crippen molar-refractivity contribution in [1.29, 1.82) is 0 Å². The Morgan fingerprint density at radius 3 is 2.37 bits per heavy atom. The van der Waals surface area contributed by atoms with Gasteiger partial charge in [-0.1, -0.05) is 36.4 Å². The molecule has 2 aliphatic rings. The number of phenolic OH excluding ortho intramolecular Hbond substituents is 1. The average Bonchev–Trinajstić information content (AvgIpc) is 3.11. The molecule has 0 radical (unpaired) electrons. The summed E-state index contributed by atoms with van der Waals surface area (Å²) in [6.07, 6.45) is 1.47. The first kappa shape index (κ1) is 18.4. The summed E-state index contributed by atoms with van der Waals surface area (Å²) in [6.45, 7) is 2.13. The fourth-order valence-corrected chi connectivity index (χ4v) is 4.91. The van der Waals surface area contributed by atoms with Gasteiger partial charge in [0.15, 0.2) is 11.6 Å². The summed E-state index contributed by atoms with van der Waals surface area (Å²) in [7, 11) is 0. The van der Waals surface area contributed by atoms with Crippen molar-refractivity contribution in [2.24, 2.45) is 11.8 Å². The van der Waals surface area contributed by atoms with Gasteiger partial charge in [-0.15, -0.1) is 0 Å². The highest BCUT2D eigenvalue weighted by Crippen LogP contribution is 2.45. The Morgan fingerprint density at radius 1 is 1.07 bits per heavy atom. The summed E-state index contributed by atoms with van der Waals surface area (Å²) in [5, 5.41) is 30.7. The first-order valence-electron chi connectivity index (χ1n) is 9.57. The molecule has 1 heterocycles. The van der Waals surface area contributed by atoms with E-state index in [0.29, 0.717) is 30.4 Å². The summed E-state index contributed by atoms with van der Waals surface area (Å²) < 4.78 is 13.5. The van der Waals surface area contributed by atoms with Gasteiger partial charge in [-0.2, -0.15) is 0 Å². The number of hydrogen-bond donors (Lipinski definition) is 3. The van der Waals surface area contributed by atoms with Crippen molar-refractivity contribution in [2.75, 3.05) is 19.6 Å². The number of hydrogen-bond acceptors (Lipinski definition) is 4. The molecule has 144 valence electrons. The lowest BCUT2D eigenvalue weighted by Crippen LogP contribution is -2.33. The van der Waals surface area contributed by atoms with E-state index >= 15 is 0 Å². The quantitative estimate of drug-likeness (QED) is 0.756. The van der Waals surface area contributed by atoms with Gasteiger partial charge in [-0.05, 0) is 47.9 Å². The molecule has 0 amide bonds. The number of halogens is 1. The minimum Gasteiger partial charge on any atom is -0.505 e. The number of phenols is 1. The van der Waals surface area contributed by atoms with E-state index in [9.17, 15) is 19.7 Å². The first-order chi connectivity index (χ1) is 12.9. The lowest BCUT2D eigenvalue weighted by Gasteiger charge is -2.27. The van der Waals surface area contributed by atoms with Crippen LogP contribution in [0.3, 0.4) is 0 Å². The molecule has 0 aromatic heterocycles. The molecule has 4 rings (SSSR count). The standard InChI is InChI=1S/C22H26FNO3/c23-19-8-16(6-7-20(19)25)21(26)14-24-12-17-10-22(27,11-18(17)13-24)9-15-4-2-1-3-5-15/h1-8,17-18,21,25-27H,9-14H2. The summed E-state index contributed by atoms with van der Waals surface area (Å²) in [5.74, 6) is -0.250. The molecule has 3 N–H and O–H groups in total. The molecule has 1 aliphatic heterocycles. The molecule has 3 unspecified atom stereocenters. The lowest BCUT2D eigenvalue weighted by atomic mass is 9.91. The maximum Gasteiger partial charge on any atom is 0.165 e. The highest BCUT2D eigenvalue weighted by atomic mass is 19.1. The van der Waals surface area contributed by atoms with E-state index < -0.39 is 23.3 Å². The van der Waals surface area contributed by atoms with Crippen LogP contribution in [0.25, 0.3) is 0 Å². The van der Waals surface area contributed by atoms with E-state index in [2.05, 4.69) is 17.0 Å². The van der Waals surface area contributed by atoms with Crippen LogP contribution in [0.15, 0.2) is 48.5 Å². The van der Waals surface area contributed by atoms with Crippen molar-refractivity contribution in [3.8, 4) is 5.75 Å². The highest BCUT2D eigenvalue weighted by molar-refractivity contribution is 5.29. The number of aliphatic hydroxyl groups is 2. The SMILES string of the molecule is Oc1ccc(C(O)CN2CC3CC(O)(Cc4ccccc4)CC3C2)cc1F. The van der Waals surface area contributed by atoms with Crippen LogP contribution in [-0.4, -0.2) is 45.5 Å². The zero-order chi connectivity index (χ0) is 19.0. The molecule has 1 saturated heterocycles. The number of aromatic hydroxyl groups is 1. The van der Waals surface area contributed by atoms with Crippen molar-refractivity contribution in [1.82, 2.24) is 4.90 Å². The molecule has 2 aromatic rings. The molecule has 2 aromatic carbocycles. The number of benzene rings is 2. The van der Waals surface area contributed by atoms with Crippen molar-refractivity contribution >= 4 is 0 Å². The van der Waals surface area contributed by atoms with E-state index in [-0.39, 0.29) is 0 Å². The fraction of sp³-hybridized carbons (Fsp3) is 0.455. The average molecular weight is 371 g/mol. The zero-order valence-corrected chi connectivity index (χ0v) is 15.3. The lowest BCUT2D eigenvalue weighted by molar-refractivity contribution is 0.0328. The maximum absolute atomic E-state index is 13.5. The third-order valence-corrected chi connectivity index (χ3v) is 6.10. The van der Waals surface area contributed by atoms with Gasteiger partial charge in [0.1, 0.15) is 0 Å². The summed E-state index contributed by atoms with van der Waals surface area (Å²) in [4.78, 5) is 2.20. The van der Waals surface area contributed by atoms with Gasteiger partial charge < -0.3 is 15.3 Å². The molecule has 0 bridgehead atoms. The summed E-state index contributed by atoms with van der Waals surface area (Å²) in [6, 6.07) is 14.1. The van der Waals surface area contributed by atoms with Gasteiger partial charge in [0.2, 0.25) is 0 Å². The van der Waals surface area contributed by atoms with Crippen molar-refractivity contribution < 1.29 is 19.7 Å². The van der Waals surface area contributed by atoms with Crippen molar-refractivity contribution in [2.45, 2.75) is 31.0 Å². The van der Waals surface area contributed by atoms with Gasteiger partial charge >= 0.3 is 0 Å². The number of nitrogens with zero attached hydrogens (tertiary/aromatic N) is 1. The smallest absolute Gasteiger partial charge is 0.165 e. The number of fused-ring (bicyclic) bond motifs is 1. The molecule has 2 fully saturated rings. The minimum absolute atomic E-state index is 0.403. The normalized spacial score (nSPS) is 29.0. The predicted molar refractivity (Wildman–Crippen MR) is 101 cm³/mol. The van der Waals surface area contributed by atoms with Crippen LogP contribution in [-0.2, 0) is 6.42 Å². The Balaban J connectivity index is 1.33. The maximum atomic E-state index is 13.5. The second kappa shape index (κ2) is 7.23. The number of aliphatic hydroxyl groups excluding tert-OH is 1. The predicted octanol–water partition coefficient (Wildman–Crippen LogP) is 2.88. The summed E-state index contributed by atoms with van der Waals surface area (Å²) >= 11 is 0. The van der Waals surface area contributed by atoms with E-state index in [1.54, 1.807) is 6.07 Å². The van der Waals surface area contributed by atoms with Crippen molar-refractivity contribution in [3.63, 3.8) is 0 Å². The van der Waals surface area contributed by atoms with Gasteiger partial charge in [-0.25, -0.2) is 4.39 Å². The fourth-order valence-electron chi connectivity index (χ4n) is 4.91. The van der Waals surface area contributed by atoms with Crippen LogP contribution in [0.2, 0.25) is 0 Å². The Hall–Kier alpha value is -1.95. The van der Waals surface area contributed by atoms with Gasteiger partial charge in [0.25, 0.3) is 0 Å². The van der Waals surface area contributed by atoms with Crippen LogP contribution in [0, 0.1) is 17.7 Å². The Morgan fingerprint density at radius 2 is 1.74 bits per heavy atom. The zero-order valence-electron chi connectivity index (χ0n) is 15.3. The number of β-amino-alcohol motifs (C(OH)–C–C–N with tert-alkyl or cyclic N) is 1. The number of rotatable bonds is 5. The molecule has 0 spiro atoms. The molecular weight excluding hydrogens is 345 g/mol. The van der Waals surface area contributed by atoms with E-state index in [4.69, 9.17) is 0 Å². The van der Waals surface area contributed by atoms with E-state index in [1.807, 2.05) is 18.2 Å². The Bertz CT molecular complexity index is 783. The van der Waals surface area contributed by atoms with Crippen LogP contribution < -0.4 is 0 Å². The second-order valence-electron chi connectivity index (χ2n) is 8.26. The highest BCUT2D eigenvalue weighted by Gasteiger charge is 2.48. The second-order valence-corrected chi connectivity index (χ2v) is 8.26. The van der Waals surface area contributed by atoms with Crippen LogP contribution in [0.4, 0.5) is 4.39 Å². The van der Waals surface area contributed by atoms with Gasteiger partial charge in [-0.3, -0.25) is 4.90 Å². The first-order valence-corrected chi connectivity index (χ1v) is 9.57. The topological polar surface area (TPSA) is 63.9 Å². The molecular formula is C22H26FNO3. The molecule has 5 heteroatoms. The Kier molecular flexibility index (Phi) is 4.93. The molecule has 1 aliphatic carbocycles. The molecule has 1 saturated carbocycles. The number of likely N-dealkylation sites (tertiary alicyclic amines) is 1. The van der Waals surface area contributed by atoms with Crippen LogP contribution in [0.1, 0.15) is 30.1 Å². The molecule has 4 nitrogen and oxygen atoms in total. The summed E-state index contributed by atoms with van der Waals surface area (Å²) in [5.41, 5.74) is 1.01.